The second kappa shape index (κ2) is 5.60. The van der Waals surface area contributed by atoms with Crippen molar-refractivity contribution >= 4 is 17.5 Å². The molecule has 1 heterocycles. The minimum atomic E-state index is 0.227. The van der Waals surface area contributed by atoms with E-state index >= 15 is 0 Å². The minimum absolute atomic E-state index is 0.227. The first-order chi connectivity index (χ1) is 5.84. The van der Waals surface area contributed by atoms with Gasteiger partial charge < -0.3 is 4.74 Å². The van der Waals surface area contributed by atoms with Gasteiger partial charge in [0.25, 0.3) is 0 Å². The molecule has 0 aliphatic carbocycles. The van der Waals surface area contributed by atoms with Crippen molar-refractivity contribution in [2.75, 3.05) is 19.0 Å². The van der Waals surface area contributed by atoms with Gasteiger partial charge in [0, 0.05) is 6.61 Å². The summed E-state index contributed by atoms with van der Waals surface area (Å²) < 4.78 is 5.09. The van der Waals surface area contributed by atoms with Gasteiger partial charge in [-0.05, 0) is 25.5 Å². The summed E-state index contributed by atoms with van der Waals surface area (Å²) in [6.07, 6.45) is 3.52. The van der Waals surface area contributed by atoms with Crippen LogP contribution in [0.25, 0.3) is 0 Å². The molecule has 2 nitrogen and oxygen atoms in total. The molecule has 1 aliphatic heterocycles. The van der Waals surface area contributed by atoms with Gasteiger partial charge in [0.15, 0.2) is 5.78 Å². The maximum Gasteiger partial charge on any atom is 0.171 e. The number of hydrogen-bond acceptors (Lipinski definition) is 3. The van der Waals surface area contributed by atoms with Crippen LogP contribution in [0.4, 0.5) is 0 Å². The third kappa shape index (κ3) is 3.15. The van der Waals surface area contributed by atoms with Crippen LogP contribution in [0.5, 0.6) is 0 Å². The molecule has 1 saturated heterocycles. The van der Waals surface area contributed by atoms with Crippen LogP contribution >= 0.6 is 11.8 Å². The lowest BCUT2D eigenvalue weighted by molar-refractivity contribution is -0.123. The molecular weight excluding hydrogens is 172 g/mol. The van der Waals surface area contributed by atoms with Gasteiger partial charge in [-0.2, -0.15) is 11.8 Å². The van der Waals surface area contributed by atoms with Gasteiger partial charge in [0.2, 0.25) is 0 Å². The molecule has 0 amide bonds. The topological polar surface area (TPSA) is 26.3 Å². The molecule has 1 rings (SSSR count). The van der Waals surface area contributed by atoms with Crippen LogP contribution in [-0.4, -0.2) is 30.0 Å². The van der Waals surface area contributed by atoms with Crippen molar-refractivity contribution in [1.82, 2.24) is 0 Å². The lowest BCUT2D eigenvalue weighted by Gasteiger charge is -2.19. The van der Waals surface area contributed by atoms with Gasteiger partial charge in [0.05, 0.1) is 5.25 Å². The van der Waals surface area contributed by atoms with E-state index < -0.39 is 0 Å². The van der Waals surface area contributed by atoms with E-state index in [4.69, 9.17) is 4.74 Å². The van der Waals surface area contributed by atoms with E-state index in [2.05, 4.69) is 0 Å². The van der Waals surface area contributed by atoms with Gasteiger partial charge in [-0.1, -0.05) is 6.42 Å². The largest absolute Gasteiger partial charge is 0.374 e. The molecule has 0 saturated carbocycles. The molecule has 70 valence electrons. The molecule has 1 aliphatic rings. The SMILES string of the molecule is CCOCC(=O)C1CCCCS1. The quantitative estimate of drug-likeness (QED) is 0.674. The highest BCUT2D eigenvalue weighted by Crippen LogP contribution is 2.25. The van der Waals surface area contributed by atoms with Crippen LogP contribution in [0.3, 0.4) is 0 Å². The number of carbonyl (C=O) groups excluding carboxylic acids is 1. The summed E-state index contributed by atoms with van der Waals surface area (Å²) >= 11 is 1.79. The Balaban J connectivity index is 2.20. The highest BCUT2D eigenvalue weighted by molar-refractivity contribution is 8.00. The predicted octanol–water partition coefficient (Wildman–Crippen LogP) is 1.88. The number of Topliss-reactive ketones (excluding diaryl/α,β-unsaturated/α-hetero) is 1. The Bertz CT molecular complexity index is 141. The predicted molar refractivity (Wildman–Crippen MR) is 51.6 cm³/mol. The lowest BCUT2D eigenvalue weighted by atomic mass is 10.1. The maximum absolute atomic E-state index is 11.4. The zero-order chi connectivity index (χ0) is 8.81. The number of ether oxygens (including phenoxy) is 1. The van der Waals surface area contributed by atoms with Gasteiger partial charge in [-0.3, -0.25) is 4.79 Å². The number of ketones is 1. The number of hydrogen-bond donors (Lipinski definition) is 0. The first-order valence-electron chi connectivity index (χ1n) is 4.56. The van der Waals surface area contributed by atoms with E-state index in [9.17, 15) is 4.79 Å². The third-order valence-electron chi connectivity index (χ3n) is 1.99. The van der Waals surface area contributed by atoms with E-state index in [1.807, 2.05) is 6.92 Å². The molecular formula is C9H16O2S. The fourth-order valence-corrected chi connectivity index (χ4v) is 2.53. The molecule has 0 radical (unpaired) electrons. The standard InChI is InChI=1S/C9H16O2S/c1-2-11-7-8(10)9-5-3-4-6-12-9/h9H,2-7H2,1H3. The van der Waals surface area contributed by atoms with Gasteiger partial charge in [-0.25, -0.2) is 0 Å². The molecule has 0 spiro atoms. The van der Waals surface area contributed by atoms with Crippen LogP contribution in [-0.2, 0) is 9.53 Å². The average Bonchev–Trinajstić information content (AvgIpc) is 2.15. The monoisotopic (exact) mass is 188 g/mol. The van der Waals surface area contributed by atoms with Crippen molar-refractivity contribution in [3.8, 4) is 0 Å². The smallest absolute Gasteiger partial charge is 0.171 e. The number of carbonyl (C=O) groups is 1. The van der Waals surface area contributed by atoms with Crippen molar-refractivity contribution in [2.45, 2.75) is 31.4 Å². The molecule has 12 heavy (non-hydrogen) atoms. The number of rotatable bonds is 4. The molecule has 1 atom stereocenters. The molecule has 3 heteroatoms. The van der Waals surface area contributed by atoms with E-state index in [-0.39, 0.29) is 11.0 Å². The fraction of sp³-hybridized carbons (Fsp3) is 0.889. The zero-order valence-electron chi connectivity index (χ0n) is 7.54. The van der Waals surface area contributed by atoms with Crippen molar-refractivity contribution in [1.29, 1.82) is 0 Å². The Morgan fingerprint density at radius 2 is 2.42 bits per heavy atom. The zero-order valence-corrected chi connectivity index (χ0v) is 8.36. The molecule has 0 N–H and O–H groups in total. The second-order valence-corrected chi connectivity index (χ2v) is 4.27. The van der Waals surface area contributed by atoms with Crippen LogP contribution in [0, 0.1) is 0 Å². The third-order valence-corrected chi connectivity index (χ3v) is 3.41. The van der Waals surface area contributed by atoms with Crippen molar-refractivity contribution in [3.63, 3.8) is 0 Å². The van der Waals surface area contributed by atoms with Crippen molar-refractivity contribution < 1.29 is 9.53 Å². The summed E-state index contributed by atoms with van der Waals surface area (Å²) in [7, 11) is 0. The summed E-state index contributed by atoms with van der Waals surface area (Å²) in [5.41, 5.74) is 0. The summed E-state index contributed by atoms with van der Waals surface area (Å²) in [6, 6.07) is 0. The summed E-state index contributed by atoms with van der Waals surface area (Å²) in [6.45, 7) is 2.87. The van der Waals surface area contributed by atoms with Crippen LogP contribution in [0.1, 0.15) is 26.2 Å². The van der Waals surface area contributed by atoms with Crippen LogP contribution < -0.4 is 0 Å². The highest BCUT2D eigenvalue weighted by Gasteiger charge is 2.20. The Kier molecular flexibility index (Phi) is 4.69. The van der Waals surface area contributed by atoms with E-state index in [1.165, 1.54) is 12.8 Å². The van der Waals surface area contributed by atoms with Crippen molar-refractivity contribution in [3.05, 3.63) is 0 Å². The Morgan fingerprint density at radius 3 is 3.00 bits per heavy atom. The molecule has 0 aromatic heterocycles. The van der Waals surface area contributed by atoms with Gasteiger partial charge >= 0.3 is 0 Å². The lowest BCUT2D eigenvalue weighted by Crippen LogP contribution is -2.24. The molecule has 0 aromatic carbocycles. The Hall–Kier alpha value is -0.0200. The van der Waals surface area contributed by atoms with E-state index in [0.29, 0.717) is 13.2 Å². The van der Waals surface area contributed by atoms with Gasteiger partial charge in [0.1, 0.15) is 6.61 Å². The maximum atomic E-state index is 11.4. The van der Waals surface area contributed by atoms with E-state index in [0.717, 1.165) is 12.2 Å². The average molecular weight is 188 g/mol. The normalized spacial score (nSPS) is 23.9. The molecule has 0 bridgehead atoms. The van der Waals surface area contributed by atoms with E-state index in [1.54, 1.807) is 11.8 Å². The van der Waals surface area contributed by atoms with Crippen LogP contribution in [0.2, 0.25) is 0 Å². The van der Waals surface area contributed by atoms with Crippen molar-refractivity contribution in [2.24, 2.45) is 0 Å². The van der Waals surface area contributed by atoms with Crippen LogP contribution in [0.15, 0.2) is 0 Å². The number of thioether (sulfide) groups is 1. The molecule has 1 unspecified atom stereocenters. The summed E-state index contributed by atoms with van der Waals surface area (Å²) in [5, 5.41) is 0.227. The minimum Gasteiger partial charge on any atom is -0.374 e. The first-order valence-corrected chi connectivity index (χ1v) is 5.61. The Morgan fingerprint density at radius 1 is 1.58 bits per heavy atom. The first kappa shape index (κ1) is 10.1. The molecule has 0 aromatic rings. The Labute approximate surface area is 78.1 Å². The summed E-state index contributed by atoms with van der Waals surface area (Å²) in [4.78, 5) is 11.4. The molecule has 1 fully saturated rings. The van der Waals surface area contributed by atoms with Gasteiger partial charge in [-0.15, -0.1) is 0 Å². The fourth-order valence-electron chi connectivity index (χ4n) is 1.29. The second-order valence-electron chi connectivity index (χ2n) is 2.96. The summed E-state index contributed by atoms with van der Waals surface area (Å²) in [5.74, 6) is 1.42. The highest BCUT2D eigenvalue weighted by atomic mass is 32.2.